The number of fused-ring (bicyclic) bond motifs is 1. The van der Waals surface area contributed by atoms with Gasteiger partial charge in [-0.2, -0.15) is 0 Å². The van der Waals surface area contributed by atoms with Crippen molar-refractivity contribution in [2.45, 2.75) is 6.92 Å². The van der Waals surface area contributed by atoms with E-state index in [-0.39, 0.29) is 24.2 Å². The molecule has 8 nitrogen and oxygen atoms in total. The van der Waals surface area contributed by atoms with Crippen molar-refractivity contribution in [2.24, 2.45) is 7.05 Å². The fourth-order valence-electron chi connectivity index (χ4n) is 2.86. The first-order valence-electron chi connectivity index (χ1n) is 8.38. The highest BCUT2D eigenvalue weighted by atomic mass is 16.5. The number of rotatable bonds is 5. The van der Waals surface area contributed by atoms with E-state index >= 15 is 0 Å². The van der Waals surface area contributed by atoms with E-state index < -0.39 is 0 Å². The Kier molecular flexibility index (Phi) is 5.07. The number of amides is 2. The normalized spacial score (nSPS) is 10.7. The molecule has 1 aromatic carbocycles. The summed E-state index contributed by atoms with van der Waals surface area (Å²) in [5.41, 5.74) is 2.58. The maximum Gasteiger partial charge on any atom is 0.261 e. The molecule has 8 heteroatoms. The molecular formula is C19H21N5O3. The molecular weight excluding hydrogens is 346 g/mol. The second-order valence-electron chi connectivity index (χ2n) is 6.26. The number of ether oxygens (including phenoxy) is 1. The lowest BCUT2D eigenvalue weighted by atomic mass is 10.1. The molecule has 0 spiro atoms. The molecule has 0 unspecified atom stereocenters. The van der Waals surface area contributed by atoms with Crippen molar-refractivity contribution in [1.82, 2.24) is 19.7 Å². The Morgan fingerprint density at radius 2 is 2.04 bits per heavy atom. The maximum atomic E-state index is 12.6. The second kappa shape index (κ2) is 7.45. The van der Waals surface area contributed by atoms with Gasteiger partial charge < -0.3 is 15.0 Å². The molecule has 140 valence electrons. The Hall–Kier alpha value is -3.42. The van der Waals surface area contributed by atoms with Gasteiger partial charge in [0.15, 0.2) is 0 Å². The number of likely N-dealkylation sites (N-methyl/N-ethyl adjacent to an activating group) is 1. The molecule has 3 aromatic rings. The van der Waals surface area contributed by atoms with Crippen LogP contribution in [0.4, 0.5) is 5.69 Å². The van der Waals surface area contributed by atoms with E-state index in [2.05, 4.69) is 15.4 Å². The number of hydrogen-bond acceptors (Lipinski definition) is 5. The number of para-hydroxylation sites is 1. The predicted molar refractivity (Wildman–Crippen MR) is 102 cm³/mol. The van der Waals surface area contributed by atoms with Gasteiger partial charge in [-0.25, -0.2) is 0 Å². The highest BCUT2D eigenvalue weighted by Crippen LogP contribution is 2.23. The van der Waals surface area contributed by atoms with E-state index in [0.717, 1.165) is 16.6 Å². The highest BCUT2D eigenvalue weighted by molar-refractivity contribution is 6.04. The van der Waals surface area contributed by atoms with Crippen LogP contribution in [-0.2, 0) is 11.8 Å². The standard InChI is InChI=1S/C19H21N5O3/c1-12-9-16(13-7-5-6-8-15(13)20-12)21-17(25)11-23(2)19(26)14-10-24(3)22-18(14)27-4/h5-10H,11H2,1-4H3,(H,20,21,25). The molecule has 0 aliphatic rings. The number of anilines is 1. The third-order valence-corrected chi connectivity index (χ3v) is 4.06. The lowest BCUT2D eigenvalue weighted by molar-refractivity contribution is -0.116. The van der Waals surface area contributed by atoms with Crippen molar-refractivity contribution in [3.05, 3.63) is 47.8 Å². The second-order valence-corrected chi connectivity index (χ2v) is 6.26. The van der Waals surface area contributed by atoms with E-state index in [1.165, 1.54) is 16.7 Å². The number of nitrogens with zero attached hydrogens (tertiary/aromatic N) is 4. The van der Waals surface area contributed by atoms with E-state index in [4.69, 9.17) is 4.74 Å². The van der Waals surface area contributed by atoms with E-state index in [0.29, 0.717) is 11.3 Å². The van der Waals surface area contributed by atoms with Gasteiger partial charge in [-0.3, -0.25) is 19.3 Å². The summed E-state index contributed by atoms with van der Waals surface area (Å²) in [7, 11) is 4.70. The minimum Gasteiger partial charge on any atom is -0.479 e. The van der Waals surface area contributed by atoms with Crippen molar-refractivity contribution < 1.29 is 14.3 Å². The van der Waals surface area contributed by atoms with Gasteiger partial charge in [0.2, 0.25) is 11.8 Å². The summed E-state index contributed by atoms with van der Waals surface area (Å²) in [5, 5.41) is 7.78. The Labute approximate surface area is 156 Å². The SMILES string of the molecule is COc1nn(C)cc1C(=O)N(C)CC(=O)Nc1cc(C)nc2ccccc12. The summed E-state index contributed by atoms with van der Waals surface area (Å²) in [4.78, 5) is 30.9. The van der Waals surface area contributed by atoms with Gasteiger partial charge in [0.25, 0.3) is 5.91 Å². The maximum absolute atomic E-state index is 12.6. The molecule has 0 radical (unpaired) electrons. The molecule has 1 N–H and O–H groups in total. The monoisotopic (exact) mass is 367 g/mol. The average Bonchev–Trinajstić information content (AvgIpc) is 3.01. The van der Waals surface area contributed by atoms with Crippen LogP contribution in [0.15, 0.2) is 36.5 Å². The van der Waals surface area contributed by atoms with E-state index in [1.807, 2.05) is 37.3 Å². The lowest BCUT2D eigenvalue weighted by Gasteiger charge is -2.17. The number of carbonyl (C=O) groups is 2. The molecule has 0 aliphatic heterocycles. The van der Waals surface area contributed by atoms with Gasteiger partial charge in [-0.1, -0.05) is 18.2 Å². The van der Waals surface area contributed by atoms with E-state index in [9.17, 15) is 9.59 Å². The third kappa shape index (κ3) is 3.89. The lowest BCUT2D eigenvalue weighted by Crippen LogP contribution is -2.35. The van der Waals surface area contributed by atoms with Crippen LogP contribution in [0.2, 0.25) is 0 Å². The molecule has 27 heavy (non-hydrogen) atoms. The highest BCUT2D eigenvalue weighted by Gasteiger charge is 2.22. The van der Waals surface area contributed by atoms with Crippen LogP contribution in [0.5, 0.6) is 5.88 Å². The van der Waals surface area contributed by atoms with Crippen LogP contribution >= 0.6 is 0 Å². The van der Waals surface area contributed by atoms with Gasteiger partial charge in [-0.15, -0.1) is 5.10 Å². The Balaban J connectivity index is 1.75. The van der Waals surface area contributed by atoms with Crippen LogP contribution in [0.1, 0.15) is 16.1 Å². The number of nitrogens with one attached hydrogen (secondary N) is 1. The predicted octanol–water partition coefficient (Wildman–Crippen LogP) is 2.00. The van der Waals surface area contributed by atoms with Crippen LogP contribution < -0.4 is 10.1 Å². The largest absolute Gasteiger partial charge is 0.479 e. The zero-order valence-corrected chi connectivity index (χ0v) is 15.7. The molecule has 0 saturated carbocycles. The molecule has 3 rings (SSSR count). The average molecular weight is 367 g/mol. The third-order valence-electron chi connectivity index (χ3n) is 4.06. The van der Waals surface area contributed by atoms with Crippen LogP contribution in [0.25, 0.3) is 10.9 Å². The fraction of sp³-hybridized carbons (Fsp3) is 0.263. The minimum absolute atomic E-state index is 0.105. The number of benzene rings is 1. The Bertz CT molecular complexity index is 1010. The molecule has 0 bridgehead atoms. The van der Waals surface area contributed by atoms with Gasteiger partial charge in [0.05, 0.1) is 24.9 Å². The molecule has 2 amide bonds. The molecule has 2 heterocycles. The molecule has 0 atom stereocenters. The topological polar surface area (TPSA) is 89.4 Å². The zero-order valence-electron chi connectivity index (χ0n) is 15.7. The first-order valence-corrected chi connectivity index (χ1v) is 8.38. The Morgan fingerprint density at radius 1 is 1.30 bits per heavy atom. The number of methoxy groups -OCH3 is 1. The van der Waals surface area contributed by atoms with Gasteiger partial charge in [0.1, 0.15) is 5.56 Å². The summed E-state index contributed by atoms with van der Waals surface area (Å²) in [6.45, 7) is 1.76. The molecule has 2 aromatic heterocycles. The number of aromatic nitrogens is 3. The van der Waals surface area contributed by atoms with Crippen molar-refractivity contribution >= 4 is 28.4 Å². The van der Waals surface area contributed by atoms with Gasteiger partial charge in [-0.05, 0) is 19.1 Å². The van der Waals surface area contributed by atoms with Crippen molar-refractivity contribution in [1.29, 1.82) is 0 Å². The zero-order chi connectivity index (χ0) is 19.6. The number of aryl methyl sites for hydroxylation is 2. The summed E-state index contributed by atoms with van der Waals surface area (Å²) in [6, 6.07) is 9.38. The van der Waals surface area contributed by atoms with Crippen LogP contribution in [0, 0.1) is 6.92 Å². The molecule has 0 aliphatic carbocycles. The Morgan fingerprint density at radius 3 is 2.78 bits per heavy atom. The van der Waals surface area contributed by atoms with E-state index in [1.54, 1.807) is 20.3 Å². The minimum atomic E-state index is -0.342. The van der Waals surface area contributed by atoms with Crippen LogP contribution in [-0.4, -0.2) is 52.2 Å². The quantitative estimate of drug-likeness (QED) is 0.745. The fourth-order valence-corrected chi connectivity index (χ4v) is 2.86. The van der Waals surface area contributed by atoms with Gasteiger partial charge >= 0.3 is 0 Å². The van der Waals surface area contributed by atoms with Crippen LogP contribution in [0.3, 0.4) is 0 Å². The number of hydrogen-bond donors (Lipinski definition) is 1. The summed E-state index contributed by atoms with van der Waals surface area (Å²) >= 11 is 0. The first kappa shape index (κ1) is 18.4. The number of carbonyl (C=O) groups excluding carboxylic acids is 2. The smallest absolute Gasteiger partial charge is 0.261 e. The van der Waals surface area contributed by atoms with Crippen molar-refractivity contribution in [2.75, 3.05) is 26.0 Å². The summed E-state index contributed by atoms with van der Waals surface area (Å²) in [6.07, 6.45) is 1.56. The summed E-state index contributed by atoms with van der Waals surface area (Å²) in [5.74, 6) is -0.416. The molecule has 0 saturated heterocycles. The molecule has 0 fully saturated rings. The van der Waals surface area contributed by atoms with Crippen molar-refractivity contribution in [3.63, 3.8) is 0 Å². The first-order chi connectivity index (χ1) is 12.9. The summed E-state index contributed by atoms with van der Waals surface area (Å²) < 4.78 is 6.60. The number of pyridine rings is 1. The van der Waals surface area contributed by atoms with Gasteiger partial charge in [0, 0.05) is 31.4 Å². The van der Waals surface area contributed by atoms with Crippen molar-refractivity contribution in [3.8, 4) is 5.88 Å².